The highest BCUT2D eigenvalue weighted by atomic mass is 16.5. The number of ether oxygens (including phenoxy) is 1. The number of nitrogens with one attached hydrogen (secondary N) is 1. The van der Waals surface area contributed by atoms with Crippen LogP contribution in [0.1, 0.15) is 27.2 Å². The van der Waals surface area contributed by atoms with Gasteiger partial charge in [-0.15, -0.1) is 0 Å². The number of amides is 2. The Balaban J connectivity index is 3.89. The van der Waals surface area contributed by atoms with E-state index in [2.05, 4.69) is 5.32 Å². The predicted octanol–water partition coefficient (Wildman–Crippen LogP) is 0.396. The van der Waals surface area contributed by atoms with Crippen LogP contribution in [0, 0.1) is 0 Å². The largest absolute Gasteiger partial charge is 0.372 e. The van der Waals surface area contributed by atoms with E-state index in [-0.39, 0.29) is 18.4 Å². The smallest absolute Gasteiger partial charge is 0.246 e. The van der Waals surface area contributed by atoms with Crippen LogP contribution in [0.3, 0.4) is 0 Å². The van der Waals surface area contributed by atoms with E-state index in [0.29, 0.717) is 13.2 Å². The van der Waals surface area contributed by atoms with Crippen LogP contribution in [-0.4, -0.2) is 49.6 Å². The maximum atomic E-state index is 11.6. The van der Waals surface area contributed by atoms with Crippen LogP contribution in [0.25, 0.3) is 0 Å². The first-order chi connectivity index (χ1) is 7.52. The lowest BCUT2D eigenvalue weighted by Crippen LogP contribution is -2.46. The molecule has 16 heavy (non-hydrogen) atoms. The summed E-state index contributed by atoms with van der Waals surface area (Å²) in [6, 6.07) is -0.498. The number of carbonyl (C=O) groups is 2. The van der Waals surface area contributed by atoms with E-state index in [1.165, 1.54) is 0 Å². The molecule has 0 aromatic carbocycles. The lowest BCUT2D eigenvalue weighted by Gasteiger charge is -2.20. The van der Waals surface area contributed by atoms with E-state index < -0.39 is 6.04 Å². The molecule has 0 saturated carbocycles. The fourth-order valence-corrected chi connectivity index (χ4v) is 1.14. The highest BCUT2D eigenvalue weighted by molar-refractivity contribution is 5.87. The second-order valence-corrected chi connectivity index (χ2v) is 3.69. The molecule has 2 amide bonds. The number of rotatable bonds is 7. The van der Waals surface area contributed by atoms with Crippen LogP contribution >= 0.6 is 0 Å². The zero-order chi connectivity index (χ0) is 12.6. The van der Waals surface area contributed by atoms with Crippen molar-refractivity contribution in [3.8, 4) is 0 Å². The summed E-state index contributed by atoms with van der Waals surface area (Å²) in [5, 5.41) is 2.60. The number of likely N-dealkylation sites (N-methyl/N-ethyl adjacent to an activating group) is 1. The molecule has 0 aromatic heterocycles. The van der Waals surface area contributed by atoms with E-state index in [9.17, 15) is 9.59 Å². The van der Waals surface area contributed by atoms with Crippen molar-refractivity contribution in [3.05, 3.63) is 0 Å². The third-order valence-corrected chi connectivity index (χ3v) is 2.18. The zero-order valence-electron chi connectivity index (χ0n) is 10.6. The normalized spacial score (nSPS) is 12.0. The van der Waals surface area contributed by atoms with Crippen molar-refractivity contribution in [2.24, 2.45) is 0 Å². The first-order valence-corrected chi connectivity index (χ1v) is 5.65. The van der Waals surface area contributed by atoms with Gasteiger partial charge < -0.3 is 15.0 Å². The first-order valence-electron chi connectivity index (χ1n) is 5.65. The molecule has 0 radical (unpaired) electrons. The van der Waals surface area contributed by atoms with Crippen LogP contribution in [0.15, 0.2) is 0 Å². The highest BCUT2D eigenvalue weighted by Crippen LogP contribution is 1.91. The van der Waals surface area contributed by atoms with Gasteiger partial charge in [-0.1, -0.05) is 6.92 Å². The van der Waals surface area contributed by atoms with Crippen molar-refractivity contribution in [1.29, 1.82) is 0 Å². The van der Waals surface area contributed by atoms with Gasteiger partial charge in [-0.25, -0.2) is 0 Å². The Bertz CT molecular complexity index is 231. The molecule has 0 bridgehead atoms. The molecular weight excluding hydrogens is 208 g/mol. The maximum Gasteiger partial charge on any atom is 0.246 e. The summed E-state index contributed by atoms with van der Waals surface area (Å²) in [6.07, 6.45) is 0.875. The van der Waals surface area contributed by atoms with Gasteiger partial charge in [0.25, 0.3) is 0 Å². The molecule has 0 aliphatic rings. The number of hydrogen-bond acceptors (Lipinski definition) is 3. The third-order valence-electron chi connectivity index (χ3n) is 2.18. The first kappa shape index (κ1) is 14.9. The van der Waals surface area contributed by atoms with Gasteiger partial charge in [-0.3, -0.25) is 9.59 Å². The topological polar surface area (TPSA) is 58.6 Å². The SMILES string of the molecule is CCCOCC(=O)NC(C)C(=O)N(C)CC. The zero-order valence-corrected chi connectivity index (χ0v) is 10.6. The van der Waals surface area contributed by atoms with Gasteiger partial charge in [0.05, 0.1) is 0 Å². The molecule has 0 aromatic rings. The molecule has 94 valence electrons. The summed E-state index contributed by atoms with van der Waals surface area (Å²) in [5.74, 6) is -0.342. The minimum absolute atomic E-state index is 0.0152. The molecule has 0 spiro atoms. The van der Waals surface area contributed by atoms with Crippen LogP contribution < -0.4 is 5.32 Å². The number of carbonyl (C=O) groups excluding carboxylic acids is 2. The number of nitrogens with zero attached hydrogens (tertiary/aromatic N) is 1. The monoisotopic (exact) mass is 230 g/mol. The Morgan fingerprint density at radius 1 is 1.38 bits per heavy atom. The molecule has 0 aliphatic carbocycles. The second-order valence-electron chi connectivity index (χ2n) is 3.69. The third kappa shape index (κ3) is 5.70. The molecular formula is C11H22N2O3. The average Bonchev–Trinajstić information content (AvgIpc) is 2.27. The standard InChI is InChI=1S/C11H22N2O3/c1-5-7-16-8-10(14)12-9(3)11(15)13(4)6-2/h9H,5-8H2,1-4H3,(H,12,14). The van der Waals surface area contributed by atoms with Gasteiger partial charge >= 0.3 is 0 Å². The fourth-order valence-electron chi connectivity index (χ4n) is 1.14. The van der Waals surface area contributed by atoms with Crippen molar-refractivity contribution in [1.82, 2.24) is 10.2 Å². The minimum Gasteiger partial charge on any atom is -0.372 e. The minimum atomic E-state index is -0.498. The summed E-state index contributed by atoms with van der Waals surface area (Å²) in [5.41, 5.74) is 0. The average molecular weight is 230 g/mol. The summed E-state index contributed by atoms with van der Waals surface area (Å²) >= 11 is 0. The fraction of sp³-hybridized carbons (Fsp3) is 0.818. The summed E-state index contributed by atoms with van der Waals surface area (Å²) in [4.78, 5) is 24.5. The van der Waals surface area contributed by atoms with Crippen molar-refractivity contribution < 1.29 is 14.3 Å². The lowest BCUT2D eigenvalue weighted by molar-refractivity contribution is -0.136. The quantitative estimate of drug-likeness (QED) is 0.644. The molecule has 0 heterocycles. The van der Waals surface area contributed by atoms with Crippen molar-refractivity contribution >= 4 is 11.8 Å². The summed E-state index contributed by atoms with van der Waals surface area (Å²) in [7, 11) is 1.71. The van der Waals surface area contributed by atoms with E-state index in [1.54, 1.807) is 18.9 Å². The molecule has 0 rings (SSSR count). The Hall–Kier alpha value is -1.10. The van der Waals surface area contributed by atoms with E-state index in [0.717, 1.165) is 6.42 Å². The van der Waals surface area contributed by atoms with Gasteiger partial charge in [0.1, 0.15) is 12.6 Å². The van der Waals surface area contributed by atoms with Crippen LogP contribution in [-0.2, 0) is 14.3 Å². The van der Waals surface area contributed by atoms with Crippen LogP contribution in [0.4, 0.5) is 0 Å². The van der Waals surface area contributed by atoms with Gasteiger partial charge in [-0.2, -0.15) is 0 Å². The van der Waals surface area contributed by atoms with E-state index in [1.807, 2.05) is 13.8 Å². The number of hydrogen-bond donors (Lipinski definition) is 1. The van der Waals surface area contributed by atoms with E-state index in [4.69, 9.17) is 4.74 Å². The Morgan fingerprint density at radius 2 is 2.00 bits per heavy atom. The Kier molecular flexibility index (Phi) is 7.54. The molecule has 5 nitrogen and oxygen atoms in total. The molecule has 0 aliphatic heterocycles. The molecule has 1 N–H and O–H groups in total. The highest BCUT2D eigenvalue weighted by Gasteiger charge is 2.17. The molecule has 5 heteroatoms. The molecule has 1 atom stereocenters. The molecule has 0 saturated heterocycles. The maximum absolute atomic E-state index is 11.6. The van der Waals surface area contributed by atoms with Gasteiger partial charge in [0, 0.05) is 20.2 Å². The summed E-state index contributed by atoms with van der Waals surface area (Å²) < 4.78 is 5.08. The lowest BCUT2D eigenvalue weighted by atomic mass is 10.3. The molecule has 0 fully saturated rings. The van der Waals surface area contributed by atoms with Gasteiger partial charge in [0.2, 0.25) is 11.8 Å². The van der Waals surface area contributed by atoms with Crippen molar-refractivity contribution in [3.63, 3.8) is 0 Å². The Morgan fingerprint density at radius 3 is 2.50 bits per heavy atom. The van der Waals surface area contributed by atoms with E-state index >= 15 is 0 Å². The van der Waals surface area contributed by atoms with Gasteiger partial charge in [0.15, 0.2) is 0 Å². The van der Waals surface area contributed by atoms with Crippen LogP contribution in [0.5, 0.6) is 0 Å². The Labute approximate surface area is 97.1 Å². The van der Waals surface area contributed by atoms with Crippen molar-refractivity contribution in [2.75, 3.05) is 26.8 Å². The van der Waals surface area contributed by atoms with Crippen molar-refractivity contribution in [2.45, 2.75) is 33.2 Å². The molecule has 1 unspecified atom stereocenters. The second kappa shape index (κ2) is 8.10. The summed E-state index contributed by atoms with van der Waals surface area (Å²) in [6.45, 7) is 6.74. The van der Waals surface area contributed by atoms with Gasteiger partial charge in [-0.05, 0) is 20.3 Å². The predicted molar refractivity (Wildman–Crippen MR) is 62.0 cm³/mol. The van der Waals surface area contributed by atoms with Crippen LogP contribution in [0.2, 0.25) is 0 Å².